The Hall–Kier alpha value is -1.33. The Bertz CT molecular complexity index is 555. The van der Waals surface area contributed by atoms with Crippen LogP contribution in [0.2, 0.25) is 0 Å². The molecule has 1 aromatic carbocycles. The standard InChI is InChI=1S/C15H17NO2S2/c1-3-4-8-16-14(17)13(20-15(16)19)10-11-6-5-7-12(9-11)18-2/h5-7,9-10H,3-4,8H2,1-2H3. The van der Waals surface area contributed by atoms with Gasteiger partial charge in [0.2, 0.25) is 0 Å². The van der Waals surface area contributed by atoms with Crippen molar-refractivity contribution < 1.29 is 9.53 Å². The summed E-state index contributed by atoms with van der Waals surface area (Å²) in [7, 11) is 1.63. The molecule has 0 N–H and O–H groups in total. The van der Waals surface area contributed by atoms with Gasteiger partial charge in [-0.2, -0.15) is 0 Å². The molecule has 3 nitrogen and oxygen atoms in total. The highest BCUT2D eigenvalue weighted by Crippen LogP contribution is 2.33. The summed E-state index contributed by atoms with van der Waals surface area (Å²) in [5.74, 6) is 0.788. The molecule has 0 aromatic heterocycles. The van der Waals surface area contributed by atoms with Crippen molar-refractivity contribution >= 4 is 40.3 Å². The highest BCUT2D eigenvalue weighted by atomic mass is 32.2. The zero-order chi connectivity index (χ0) is 14.5. The van der Waals surface area contributed by atoms with Crippen LogP contribution < -0.4 is 4.74 Å². The van der Waals surface area contributed by atoms with E-state index in [0.29, 0.717) is 15.8 Å². The van der Waals surface area contributed by atoms with Gasteiger partial charge >= 0.3 is 0 Å². The Morgan fingerprint density at radius 3 is 2.95 bits per heavy atom. The smallest absolute Gasteiger partial charge is 0.266 e. The van der Waals surface area contributed by atoms with Gasteiger partial charge in [-0.15, -0.1) is 0 Å². The van der Waals surface area contributed by atoms with Crippen LogP contribution in [0.4, 0.5) is 0 Å². The zero-order valence-electron chi connectivity index (χ0n) is 11.6. The number of thiocarbonyl (C=S) groups is 1. The minimum Gasteiger partial charge on any atom is -0.497 e. The van der Waals surface area contributed by atoms with Gasteiger partial charge in [0.15, 0.2) is 0 Å². The van der Waals surface area contributed by atoms with Crippen LogP contribution in [0.3, 0.4) is 0 Å². The van der Waals surface area contributed by atoms with Gasteiger partial charge in [-0.1, -0.05) is 49.5 Å². The fraction of sp³-hybridized carbons (Fsp3) is 0.333. The number of carbonyl (C=O) groups is 1. The van der Waals surface area contributed by atoms with E-state index in [0.717, 1.165) is 24.2 Å². The summed E-state index contributed by atoms with van der Waals surface area (Å²) in [6, 6.07) is 7.63. The van der Waals surface area contributed by atoms with E-state index in [1.165, 1.54) is 11.8 Å². The van der Waals surface area contributed by atoms with Gasteiger partial charge in [-0.05, 0) is 30.2 Å². The molecule has 106 valence electrons. The van der Waals surface area contributed by atoms with E-state index in [4.69, 9.17) is 17.0 Å². The second-order valence-corrected chi connectivity index (χ2v) is 6.14. The van der Waals surface area contributed by atoms with Crippen LogP contribution in [0, 0.1) is 0 Å². The number of hydrogen-bond donors (Lipinski definition) is 0. The molecule has 0 bridgehead atoms. The molecule has 1 amide bonds. The maximum absolute atomic E-state index is 12.3. The number of carbonyl (C=O) groups excluding carboxylic acids is 1. The SMILES string of the molecule is CCCCN1C(=O)C(=Cc2cccc(OC)c2)SC1=S. The number of amides is 1. The van der Waals surface area contributed by atoms with Crippen molar-refractivity contribution in [1.82, 2.24) is 4.90 Å². The maximum atomic E-state index is 12.3. The zero-order valence-corrected chi connectivity index (χ0v) is 13.2. The summed E-state index contributed by atoms with van der Waals surface area (Å²) in [6.07, 6.45) is 3.89. The second kappa shape index (κ2) is 6.90. The van der Waals surface area contributed by atoms with E-state index in [2.05, 4.69) is 6.92 Å². The first-order valence-electron chi connectivity index (χ1n) is 6.55. The summed E-state index contributed by atoms with van der Waals surface area (Å²) in [4.78, 5) is 14.7. The molecular formula is C15H17NO2S2. The molecule has 5 heteroatoms. The van der Waals surface area contributed by atoms with Crippen molar-refractivity contribution in [3.8, 4) is 5.75 Å². The lowest BCUT2D eigenvalue weighted by Crippen LogP contribution is -2.28. The van der Waals surface area contributed by atoms with Crippen LogP contribution in [0.1, 0.15) is 25.3 Å². The normalized spacial score (nSPS) is 17.1. The lowest BCUT2D eigenvalue weighted by atomic mass is 10.2. The van der Waals surface area contributed by atoms with E-state index >= 15 is 0 Å². The third-order valence-electron chi connectivity index (χ3n) is 3.00. The summed E-state index contributed by atoms with van der Waals surface area (Å²) in [5, 5.41) is 0. The van der Waals surface area contributed by atoms with Gasteiger partial charge in [0.05, 0.1) is 12.0 Å². The van der Waals surface area contributed by atoms with Crippen LogP contribution in [-0.4, -0.2) is 28.8 Å². The highest BCUT2D eigenvalue weighted by Gasteiger charge is 2.31. The number of hydrogen-bond acceptors (Lipinski definition) is 4. The maximum Gasteiger partial charge on any atom is 0.266 e. The third kappa shape index (κ3) is 3.41. The summed E-state index contributed by atoms with van der Waals surface area (Å²) in [5.41, 5.74) is 0.945. The van der Waals surface area contributed by atoms with Crippen molar-refractivity contribution in [2.45, 2.75) is 19.8 Å². The molecule has 1 heterocycles. The lowest BCUT2D eigenvalue weighted by molar-refractivity contribution is -0.122. The minimum absolute atomic E-state index is 0.0104. The molecule has 0 spiro atoms. The van der Waals surface area contributed by atoms with Crippen molar-refractivity contribution in [3.63, 3.8) is 0 Å². The number of benzene rings is 1. The topological polar surface area (TPSA) is 29.5 Å². The molecule has 0 aliphatic carbocycles. The molecule has 0 unspecified atom stereocenters. The largest absolute Gasteiger partial charge is 0.497 e. The quantitative estimate of drug-likeness (QED) is 0.613. The average Bonchev–Trinajstić information content (AvgIpc) is 2.72. The van der Waals surface area contributed by atoms with Crippen LogP contribution in [0.15, 0.2) is 29.2 Å². The van der Waals surface area contributed by atoms with Crippen LogP contribution in [0.5, 0.6) is 5.75 Å². The molecule has 0 atom stereocenters. The van der Waals surface area contributed by atoms with E-state index in [-0.39, 0.29) is 5.91 Å². The Kier molecular flexibility index (Phi) is 5.20. The fourth-order valence-corrected chi connectivity index (χ4v) is 3.20. The van der Waals surface area contributed by atoms with Crippen molar-refractivity contribution in [3.05, 3.63) is 34.7 Å². The highest BCUT2D eigenvalue weighted by molar-refractivity contribution is 8.26. The Morgan fingerprint density at radius 2 is 2.25 bits per heavy atom. The van der Waals surface area contributed by atoms with Crippen molar-refractivity contribution in [2.75, 3.05) is 13.7 Å². The number of ether oxygens (including phenoxy) is 1. The van der Waals surface area contributed by atoms with Crippen LogP contribution >= 0.6 is 24.0 Å². The summed E-state index contributed by atoms with van der Waals surface area (Å²) in [6.45, 7) is 2.81. The molecule has 0 saturated carbocycles. The monoisotopic (exact) mass is 307 g/mol. The van der Waals surface area contributed by atoms with Crippen LogP contribution in [0.25, 0.3) is 6.08 Å². The molecule has 1 aromatic rings. The van der Waals surface area contributed by atoms with E-state index in [9.17, 15) is 4.79 Å². The average molecular weight is 307 g/mol. The Labute approximate surface area is 129 Å². The van der Waals surface area contributed by atoms with E-state index < -0.39 is 0 Å². The number of methoxy groups -OCH3 is 1. The third-order valence-corrected chi connectivity index (χ3v) is 4.38. The number of thioether (sulfide) groups is 1. The van der Waals surface area contributed by atoms with E-state index in [1.54, 1.807) is 12.0 Å². The van der Waals surface area contributed by atoms with E-state index in [1.807, 2.05) is 30.3 Å². The number of unbranched alkanes of at least 4 members (excludes halogenated alkanes) is 1. The Morgan fingerprint density at radius 1 is 1.45 bits per heavy atom. The molecule has 1 saturated heterocycles. The molecule has 0 radical (unpaired) electrons. The van der Waals surface area contributed by atoms with Gasteiger partial charge in [0.1, 0.15) is 10.1 Å². The van der Waals surface area contributed by atoms with Crippen molar-refractivity contribution in [2.24, 2.45) is 0 Å². The summed E-state index contributed by atoms with van der Waals surface area (Å²) < 4.78 is 5.83. The van der Waals surface area contributed by atoms with Gasteiger partial charge in [-0.25, -0.2) is 0 Å². The van der Waals surface area contributed by atoms with Gasteiger partial charge in [-0.3, -0.25) is 9.69 Å². The Balaban J connectivity index is 2.18. The van der Waals surface area contributed by atoms with Crippen LogP contribution in [-0.2, 0) is 4.79 Å². The molecular weight excluding hydrogens is 290 g/mol. The predicted molar refractivity (Wildman–Crippen MR) is 87.8 cm³/mol. The molecule has 2 rings (SSSR count). The van der Waals surface area contributed by atoms with Gasteiger partial charge in [0.25, 0.3) is 5.91 Å². The first kappa shape index (κ1) is 15.1. The summed E-state index contributed by atoms with van der Waals surface area (Å²) >= 11 is 6.64. The first-order chi connectivity index (χ1) is 9.65. The molecule has 20 heavy (non-hydrogen) atoms. The van der Waals surface area contributed by atoms with Gasteiger partial charge < -0.3 is 4.74 Å². The lowest BCUT2D eigenvalue weighted by Gasteiger charge is -2.13. The fourth-order valence-electron chi connectivity index (χ4n) is 1.89. The predicted octanol–water partition coefficient (Wildman–Crippen LogP) is 3.70. The first-order valence-corrected chi connectivity index (χ1v) is 7.77. The molecule has 1 aliphatic heterocycles. The molecule has 1 aliphatic rings. The molecule has 1 fully saturated rings. The number of rotatable bonds is 5. The second-order valence-electron chi connectivity index (χ2n) is 4.46. The minimum atomic E-state index is 0.0104. The van der Waals surface area contributed by atoms with Crippen molar-refractivity contribution in [1.29, 1.82) is 0 Å². The number of nitrogens with zero attached hydrogens (tertiary/aromatic N) is 1. The van der Waals surface area contributed by atoms with Gasteiger partial charge in [0, 0.05) is 6.54 Å².